The lowest BCUT2D eigenvalue weighted by Crippen LogP contribution is -2.25. The normalized spacial score (nSPS) is 16.3. The van der Waals surface area contributed by atoms with Crippen LogP contribution in [-0.2, 0) is 0 Å². The molecule has 1 aromatic carbocycles. The van der Waals surface area contributed by atoms with Gasteiger partial charge in [-0.2, -0.15) is 4.98 Å². The molecule has 204 valence electrons. The van der Waals surface area contributed by atoms with Crippen LogP contribution in [0.3, 0.4) is 0 Å². The number of nitrogens with one attached hydrogen (secondary N) is 2. The molecule has 0 aliphatic heterocycles. The third kappa shape index (κ3) is 6.99. The summed E-state index contributed by atoms with van der Waals surface area (Å²) in [4.78, 5) is 34.9. The fraction of sp³-hybridized carbons (Fsp3) is 0.250. The molecule has 2 fully saturated rings. The number of hydrogen-bond donors (Lipinski definition) is 3. The number of aliphatic hydroxyl groups is 1. The van der Waals surface area contributed by atoms with Gasteiger partial charge >= 0.3 is 0 Å². The molecule has 2 aliphatic rings. The first-order valence-corrected chi connectivity index (χ1v) is 13.8. The number of aromatic nitrogens is 4. The molecule has 0 spiro atoms. The molecule has 3 heterocycles. The van der Waals surface area contributed by atoms with Gasteiger partial charge in [0.05, 0.1) is 6.10 Å². The van der Waals surface area contributed by atoms with Gasteiger partial charge in [-0.1, -0.05) is 5.92 Å². The van der Waals surface area contributed by atoms with E-state index in [9.17, 15) is 9.90 Å². The van der Waals surface area contributed by atoms with Crippen molar-refractivity contribution in [3.63, 3.8) is 0 Å². The predicted molar refractivity (Wildman–Crippen MR) is 157 cm³/mol. The maximum atomic E-state index is 12.3. The van der Waals surface area contributed by atoms with Crippen molar-refractivity contribution >= 4 is 29.1 Å². The number of amides is 1. The fourth-order valence-corrected chi connectivity index (χ4v) is 4.49. The highest BCUT2D eigenvalue weighted by Crippen LogP contribution is 2.31. The van der Waals surface area contributed by atoms with E-state index in [1.165, 1.54) is 0 Å². The number of hydrogen-bond acceptors (Lipinski definition) is 8. The van der Waals surface area contributed by atoms with E-state index in [0.717, 1.165) is 53.8 Å². The summed E-state index contributed by atoms with van der Waals surface area (Å²) in [5.74, 6) is 7.09. The number of aliphatic hydroxyl groups excluding tert-OH is 1. The minimum absolute atomic E-state index is 0.0866. The SMILES string of the molecule is O=C(NC1CC1)c1ccnc(C#Cc2ccc(Nc3ncc(-c4ccncc4)c(N=C4CCC(O)CC4)n3)cc2)c1. The molecule has 2 aliphatic carbocycles. The second-order valence-corrected chi connectivity index (χ2v) is 10.2. The summed E-state index contributed by atoms with van der Waals surface area (Å²) in [6.45, 7) is 0. The highest BCUT2D eigenvalue weighted by Gasteiger charge is 2.23. The summed E-state index contributed by atoms with van der Waals surface area (Å²) in [6.07, 6.45) is 11.6. The van der Waals surface area contributed by atoms with Crippen molar-refractivity contribution in [2.75, 3.05) is 5.32 Å². The number of carbonyl (C=O) groups is 1. The smallest absolute Gasteiger partial charge is 0.251 e. The van der Waals surface area contributed by atoms with E-state index >= 15 is 0 Å². The monoisotopic (exact) mass is 543 g/mol. The Labute approximate surface area is 238 Å². The summed E-state index contributed by atoms with van der Waals surface area (Å²) in [7, 11) is 0. The fourth-order valence-electron chi connectivity index (χ4n) is 4.49. The summed E-state index contributed by atoms with van der Waals surface area (Å²) in [5.41, 5.74) is 5.52. The quantitative estimate of drug-likeness (QED) is 0.293. The van der Waals surface area contributed by atoms with Gasteiger partial charge in [0.2, 0.25) is 5.95 Å². The van der Waals surface area contributed by atoms with Crippen LogP contribution in [0.15, 0.2) is 78.3 Å². The average Bonchev–Trinajstić information content (AvgIpc) is 3.83. The van der Waals surface area contributed by atoms with Gasteiger partial charge in [-0.15, -0.1) is 0 Å². The standard InChI is InChI=1S/C32H29N7O2/c40-28-11-9-24(10-12-28)36-30-29(22-13-16-33-17-14-22)20-35-32(39-30)38-26-4-1-21(2-5-26)3-6-27-19-23(15-18-34-27)31(41)37-25-7-8-25/h1-2,4-5,13-20,25,28,40H,7-12H2,(H,37,41)(H,35,38,39). The number of aliphatic imine (C=N–C) groups is 1. The van der Waals surface area contributed by atoms with Crippen LogP contribution in [0.4, 0.5) is 17.5 Å². The molecule has 0 radical (unpaired) electrons. The van der Waals surface area contributed by atoms with E-state index in [-0.39, 0.29) is 12.0 Å². The Morgan fingerprint density at radius 2 is 1.71 bits per heavy atom. The number of rotatable bonds is 6. The maximum Gasteiger partial charge on any atom is 0.251 e. The summed E-state index contributed by atoms with van der Waals surface area (Å²) < 4.78 is 0. The zero-order valence-electron chi connectivity index (χ0n) is 22.4. The predicted octanol–water partition coefficient (Wildman–Crippen LogP) is 4.98. The van der Waals surface area contributed by atoms with Crippen LogP contribution in [0.2, 0.25) is 0 Å². The minimum Gasteiger partial charge on any atom is -0.393 e. The van der Waals surface area contributed by atoms with Crippen LogP contribution < -0.4 is 10.6 Å². The van der Waals surface area contributed by atoms with Crippen LogP contribution in [0.25, 0.3) is 11.1 Å². The second kappa shape index (κ2) is 12.1. The van der Waals surface area contributed by atoms with Crippen molar-refractivity contribution in [3.8, 4) is 23.0 Å². The zero-order valence-corrected chi connectivity index (χ0v) is 22.4. The van der Waals surface area contributed by atoms with E-state index in [4.69, 9.17) is 9.98 Å². The van der Waals surface area contributed by atoms with E-state index in [2.05, 4.69) is 37.4 Å². The molecule has 0 saturated heterocycles. The Morgan fingerprint density at radius 1 is 0.927 bits per heavy atom. The van der Waals surface area contributed by atoms with Gasteiger partial charge in [0, 0.05) is 58.9 Å². The van der Waals surface area contributed by atoms with Gasteiger partial charge in [-0.25, -0.2) is 15.0 Å². The maximum absolute atomic E-state index is 12.3. The number of carbonyl (C=O) groups excluding carboxylic acids is 1. The summed E-state index contributed by atoms with van der Waals surface area (Å²) >= 11 is 0. The van der Waals surface area contributed by atoms with Crippen molar-refractivity contribution in [1.82, 2.24) is 25.3 Å². The number of nitrogens with zero attached hydrogens (tertiary/aromatic N) is 5. The molecule has 4 aromatic rings. The number of benzene rings is 1. The molecule has 3 aromatic heterocycles. The van der Waals surface area contributed by atoms with Gasteiger partial charge in [0.25, 0.3) is 5.91 Å². The Kier molecular flexibility index (Phi) is 7.74. The first-order chi connectivity index (χ1) is 20.1. The van der Waals surface area contributed by atoms with Gasteiger partial charge in [-0.3, -0.25) is 9.78 Å². The molecule has 9 nitrogen and oxygen atoms in total. The van der Waals surface area contributed by atoms with Gasteiger partial charge < -0.3 is 15.7 Å². The molecule has 0 bridgehead atoms. The van der Waals surface area contributed by atoms with E-state index in [1.807, 2.05) is 36.4 Å². The highest BCUT2D eigenvalue weighted by atomic mass is 16.3. The Morgan fingerprint density at radius 3 is 2.46 bits per heavy atom. The average molecular weight is 544 g/mol. The minimum atomic E-state index is -0.260. The molecule has 3 N–H and O–H groups in total. The Hall–Kier alpha value is -4.94. The topological polar surface area (TPSA) is 125 Å². The first kappa shape index (κ1) is 26.3. The van der Waals surface area contributed by atoms with Crippen molar-refractivity contribution in [2.24, 2.45) is 4.99 Å². The Balaban J connectivity index is 1.18. The zero-order chi connectivity index (χ0) is 28.0. The largest absolute Gasteiger partial charge is 0.393 e. The van der Waals surface area contributed by atoms with Crippen LogP contribution >= 0.6 is 0 Å². The van der Waals surface area contributed by atoms with E-state index < -0.39 is 0 Å². The molecule has 1 amide bonds. The molecule has 9 heteroatoms. The summed E-state index contributed by atoms with van der Waals surface area (Å²) in [6, 6.07) is 15.2. The molecule has 2 saturated carbocycles. The molecular formula is C32H29N7O2. The highest BCUT2D eigenvalue weighted by molar-refractivity contribution is 5.94. The van der Waals surface area contributed by atoms with E-state index in [1.54, 1.807) is 36.9 Å². The van der Waals surface area contributed by atoms with Crippen LogP contribution in [0.1, 0.15) is 60.1 Å². The third-order valence-electron chi connectivity index (χ3n) is 6.97. The van der Waals surface area contributed by atoms with Crippen LogP contribution in [0, 0.1) is 11.8 Å². The Bertz CT molecular complexity index is 1630. The second-order valence-electron chi connectivity index (χ2n) is 10.2. The van der Waals surface area contributed by atoms with Crippen LogP contribution in [0.5, 0.6) is 0 Å². The van der Waals surface area contributed by atoms with Gasteiger partial charge in [0.1, 0.15) is 5.69 Å². The first-order valence-electron chi connectivity index (χ1n) is 13.8. The van der Waals surface area contributed by atoms with Crippen LogP contribution in [-0.4, -0.2) is 48.8 Å². The number of pyridine rings is 2. The summed E-state index contributed by atoms with van der Waals surface area (Å²) in [5, 5.41) is 16.1. The number of anilines is 2. The van der Waals surface area contributed by atoms with Gasteiger partial charge in [0.15, 0.2) is 5.82 Å². The lowest BCUT2D eigenvalue weighted by atomic mass is 9.96. The molecule has 41 heavy (non-hydrogen) atoms. The lowest BCUT2D eigenvalue weighted by molar-refractivity contribution is 0.0951. The van der Waals surface area contributed by atoms with Crippen molar-refractivity contribution in [2.45, 2.75) is 50.7 Å². The third-order valence-corrected chi connectivity index (χ3v) is 6.97. The van der Waals surface area contributed by atoms with Crippen molar-refractivity contribution in [3.05, 3.63) is 90.1 Å². The molecule has 0 unspecified atom stereocenters. The van der Waals surface area contributed by atoms with Crippen molar-refractivity contribution < 1.29 is 9.90 Å². The lowest BCUT2D eigenvalue weighted by Gasteiger charge is -2.18. The van der Waals surface area contributed by atoms with Crippen molar-refractivity contribution in [1.29, 1.82) is 0 Å². The van der Waals surface area contributed by atoms with Gasteiger partial charge in [-0.05, 0) is 98.5 Å². The van der Waals surface area contributed by atoms with E-state index in [0.29, 0.717) is 41.9 Å². The molecular weight excluding hydrogens is 514 g/mol. The molecule has 6 rings (SSSR count). The molecule has 0 atom stereocenters.